The van der Waals surface area contributed by atoms with Gasteiger partial charge in [0, 0.05) is 21.9 Å². The Labute approximate surface area is 114 Å². The van der Waals surface area contributed by atoms with E-state index in [1.165, 1.54) is 17.7 Å². The smallest absolute Gasteiger partial charge is 0.107 e. The minimum atomic E-state index is 0.325. The predicted molar refractivity (Wildman–Crippen MR) is 74.2 cm³/mol. The van der Waals surface area contributed by atoms with Crippen molar-refractivity contribution in [3.63, 3.8) is 0 Å². The summed E-state index contributed by atoms with van der Waals surface area (Å²) >= 11 is 11.2. The van der Waals surface area contributed by atoms with Gasteiger partial charge in [-0.15, -0.1) is 11.3 Å². The van der Waals surface area contributed by atoms with Crippen molar-refractivity contribution in [3.05, 3.63) is 19.8 Å². The van der Waals surface area contributed by atoms with Gasteiger partial charge >= 0.3 is 0 Å². The molecule has 0 amide bonds. The molecule has 1 aromatic rings. The molecule has 0 saturated carbocycles. The molecule has 2 atom stereocenters. The Hall–Kier alpha value is 0.390. The number of likely N-dealkylation sites (tertiary alicyclic amines) is 1. The van der Waals surface area contributed by atoms with Crippen LogP contribution in [0, 0.1) is 0 Å². The Kier molecular flexibility index (Phi) is 4.30. The third-order valence-corrected chi connectivity index (χ3v) is 5.80. The highest BCUT2D eigenvalue weighted by Crippen LogP contribution is 2.38. The van der Waals surface area contributed by atoms with Crippen molar-refractivity contribution in [1.82, 2.24) is 4.90 Å². The summed E-state index contributed by atoms with van der Waals surface area (Å²) in [5.74, 6) is 0. The Morgan fingerprint density at radius 3 is 2.94 bits per heavy atom. The number of hydrogen-bond acceptors (Lipinski definition) is 3. The Morgan fingerprint density at radius 1 is 1.75 bits per heavy atom. The summed E-state index contributed by atoms with van der Waals surface area (Å²) in [5.41, 5.74) is 5.91. The second-order valence-corrected chi connectivity index (χ2v) is 6.79. The van der Waals surface area contributed by atoms with Gasteiger partial charge in [0.2, 0.25) is 0 Å². The third kappa shape index (κ3) is 2.46. The molecule has 2 nitrogen and oxygen atoms in total. The maximum Gasteiger partial charge on any atom is 0.107 e. The minimum absolute atomic E-state index is 0.325. The second-order valence-electron chi connectivity index (χ2n) is 4.25. The van der Waals surface area contributed by atoms with Gasteiger partial charge in [0.25, 0.3) is 0 Å². The monoisotopic (exact) mass is 322 g/mol. The zero-order valence-corrected chi connectivity index (χ0v) is 12.4. The van der Waals surface area contributed by atoms with Gasteiger partial charge in [-0.1, -0.05) is 11.6 Å². The van der Waals surface area contributed by atoms with E-state index >= 15 is 0 Å². The quantitative estimate of drug-likeness (QED) is 0.920. The molecule has 1 saturated heterocycles. The van der Waals surface area contributed by atoms with Crippen LogP contribution >= 0.6 is 38.9 Å². The van der Waals surface area contributed by atoms with Crippen molar-refractivity contribution in [2.75, 3.05) is 13.1 Å². The topological polar surface area (TPSA) is 29.3 Å². The molecule has 0 aliphatic carbocycles. The molecule has 1 aliphatic heterocycles. The first kappa shape index (κ1) is 12.8. The van der Waals surface area contributed by atoms with Crippen LogP contribution in [0.5, 0.6) is 0 Å². The molecule has 2 rings (SSSR count). The normalized spacial score (nSPS) is 23.9. The van der Waals surface area contributed by atoms with E-state index in [1.807, 2.05) is 0 Å². The maximum atomic E-state index is 6.09. The lowest BCUT2D eigenvalue weighted by Crippen LogP contribution is -2.35. The SMILES string of the molecule is CC1CCCN1C(CN)c1cc(Br)c(Cl)s1. The van der Waals surface area contributed by atoms with E-state index in [9.17, 15) is 0 Å². The summed E-state index contributed by atoms with van der Waals surface area (Å²) in [7, 11) is 0. The van der Waals surface area contributed by atoms with Gasteiger partial charge < -0.3 is 5.73 Å². The van der Waals surface area contributed by atoms with Gasteiger partial charge in [0.05, 0.1) is 6.04 Å². The Morgan fingerprint density at radius 2 is 2.50 bits per heavy atom. The van der Waals surface area contributed by atoms with Gasteiger partial charge in [0.15, 0.2) is 0 Å². The fraction of sp³-hybridized carbons (Fsp3) is 0.636. The van der Waals surface area contributed by atoms with Crippen molar-refractivity contribution in [3.8, 4) is 0 Å². The molecule has 0 radical (unpaired) electrons. The van der Waals surface area contributed by atoms with Crippen molar-refractivity contribution in [1.29, 1.82) is 0 Å². The lowest BCUT2D eigenvalue weighted by atomic mass is 10.2. The van der Waals surface area contributed by atoms with Gasteiger partial charge in [-0.25, -0.2) is 0 Å². The van der Waals surface area contributed by atoms with Gasteiger partial charge in [0.1, 0.15) is 4.34 Å². The molecule has 5 heteroatoms. The van der Waals surface area contributed by atoms with Crippen LogP contribution in [0.2, 0.25) is 4.34 Å². The predicted octanol–water partition coefficient (Wildman–Crippen LogP) is 3.65. The average molecular weight is 324 g/mol. The van der Waals surface area contributed by atoms with Crippen molar-refractivity contribution in [2.24, 2.45) is 5.73 Å². The first-order valence-corrected chi connectivity index (χ1v) is 7.52. The fourth-order valence-corrected chi connectivity index (χ4v) is 4.23. The van der Waals surface area contributed by atoms with Crippen LogP contribution in [-0.2, 0) is 0 Å². The Bertz CT molecular complexity index is 349. The van der Waals surface area contributed by atoms with Crippen LogP contribution < -0.4 is 5.73 Å². The highest BCUT2D eigenvalue weighted by atomic mass is 79.9. The summed E-state index contributed by atoms with van der Waals surface area (Å²) < 4.78 is 1.81. The van der Waals surface area contributed by atoms with Crippen LogP contribution in [0.15, 0.2) is 10.5 Å². The molecule has 0 aromatic carbocycles. The summed E-state index contributed by atoms with van der Waals surface area (Å²) in [6.45, 7) is 4.09. The first-order chi connectivity index (χ1) is 7.63. The van der Waals surface area contributed by atoms with Crippen molar-refractivity contribution >= 4 is 38.9 Å². The zero-order valence-electron chi connectivity index (χ0n) is 9.25. The van der Waals surface area contributed by atoms with Crippen LogP contribution in [0.1, 0.15) is 30.7 Å². The fourth-order valence-electron chi connectivity index (χ4n) is 2.36. The van der Waals surface area contributed by atoms with Gasteiger partial charge in [-0.2, -0.15) is 0 Å². The van der Waals surface area contributed by atoms with E-state index in [0.29, 0.717) is 18.6 Å². The molecule has 2 unspecified atom stereocenters. The summed E-state index contributed by atoms with van der Waals surface area (Å²) in [5, 5.41) is 0. The van der Waals surface area contributed by atoms with E-state index in [4.69, 9.17) is 17.3 Å². The molecular formula is C11H16BrClN2S. The number of thiophene rings is 1. The molecule has 16 heavy (non-hydrogen) atoms. The number of halogens is 2. The second kappa shape index (κ2) is 5.36. The molecule has 0 spiro atoms. The van der Waals surface area contributed by atoms with E-state index in [-0.39, 0.29) is 0 Å². The molecule has 0 bridgehead atoms. The summed E-state index contributed by atoms with van der Waals surface area (Å²) in [6, 6.07) is 3.06. The number of nitrogens with zero attached hydrogens (tertiary/aromatic N) is 1. The lowest BCUT2D eigenvalue weighted by molar-refractivity contribution is 0.198. The van der Waals surface area contributed by atoms with Crippen LogP contribution in [-0.4, -0.2) is 24.0 Å². The molecule has 2 N–H and O–H groups in total. The Balaban J connectivity index is 2.21. The standard InChI is InChI=1S/C11H16BrClN2S/c1-7-3-2-4-15(7)9(6-14)10-5-8(12)11(13)16-10/h5,7,9H,2-4,6,14H2,1H3. The minimum Gasteiger partial charge on any atom is -0.329 e. The molecule has 2 heterocycles. The van der Waals surface area contributed by atoms with E-state index in [0.717, 1.165) is 15.4 Å². The van der Waals surface area contributed by atoms with Gasteiger partial charge in [-0.3, -0.25) is 4.90 Å². The van der Waals surface area contributed by atoms with E-state index in [2.05, 4.69) is 33.8 Å². The van der Waals surface area contributed by atoms with Crippen LogP contribution in [0.3, 0.4) is 0 Å². The van der Waals surface area contributed by atoms with Crippen LogP contribution in [0.4, 0.5) is 0 Å². The molecular weight excluding hydrogens is 308 g/mol. The average Bonchev–Trinajstić information content (AvgIpc) is 2.78. The molecule has 90 valence electrons. The number of rotatable bonds is 3. The largest absolute Gasteiger partial charge is 0.329 e. The van der Waals surface area contributed by atoms with E-state index < -0.39 is 0 Å². The van der Waals surface area contributed by atoms with Gasteiger partial charge in [-0.05, 0) is 48.3 Å². The number of nitrogens with two attached hydrogens (primary N) is 1. The van der Waals surface area contributed by atoms with Crippen molar-refractivity contribution < 1.29 is 0 Å². The summed E-state index contributed by atoms with van der Waals surface area (Å²) in [6.07, 6.45) is 2.55. The first-order valence-electron chi connectivity index (χ1n) is 5.54. The number of hydrogen-bond donors (Lipinski definition) is 1. The highest BCUT2D eigenvalue weighted by Gasteiger charge is 2.29. The molecule has 1 aromatic heterocycles. The van der Waals surface area contributed by atoms with E-state index in [1.54, 1.807) is 11.3 Å². The molecule has 1 fully saturated rings. The van der Waals surface area contributed by atoms with Crippen molar-refractivity contribution in [2.45, 2.75) is 31.8 Å². The highest BCUT2D eigenvalue weighted by molar-refractivity contribution is 9.10. The third-order valence-electron chi connectivity index (χ3n) is 3.22. The summed E-state index contributed by atoms with van der Waals surface area (Å²) in [4.78, 5) is 3.77. The maximum absolute atomic E-state index is 6.09. The molecule has 1 aliphatic rings. The van der Waals surface area contributed by atoms with Crippen LogP contribution in [0.25, 0.3) is 0 Å². The lowest BCUT2D eigenvalue weighted by Gasteiger charge is -2.29. The zero-order chi connectivity index (χ0) is 11.7.